The third-order valence-corrected chi connectivity index (χ3v) is 5.00. The van der Waals surface area contributed by atoms with Gasteiger partial charge in [-0.05, 0) is 50.2 Å². The number of hydrogen-bond acceptors (Lipinski definition) is 6. The minimum atomic E-state index is -3.68. The zero-order valence-electron chi connectivity index (χ0n) is 13.1. The van der Waals surface area contributed by atoms with E-state index in [2.05, 4.69) is 15.3 Å². The molecule has 0 atom stereocenters. The molecule has 3 N–H and O–H groups in total. The molecule has 8 heteroatoms. The van der Waals surface area contributed by atoms with E-state index in [0.29, 0.717) is 0 Å². The van der Waals surface area contributed by atoms with Crippen LogP contribution in [0.3, 0.4) is 0 Å². The standard InChI is InChI=1S/C16H16N4O2S2/c1-10-7-12(8-11(2)18-10)15-9-23-16(20-15)19-13-3-5-14(6-4-13)24(17,21)22/h3-9H,1-2H3,(H,19,20)(H2,17,21,22). The van der Waals surface area contributed by atoms with Gasteiger partial charge >= 0.3 is 0 Å². The van der Waals surface area contributed by atoms with Gasteiger partial charge in [0.2, 0.25) is 10.0 Å². The van der Waals surface area contributed by atoms with E-state index in [0.717, 1.165) is 33.5 Å². The number of primary sulfonamides is 1. The first-order chi connectivity index (χ1) is 11.3. The predicted octanol–water partition coefficient (Wildman–Crippen LogP) is 3.21. The summed E-state index contributed by atoms with van der Waals surface area (Å²) in [5.41, 5.74) is 4.54. The molecule has 3 rings (SSSR count). The zero-order valence-corrected chi connectivity index (χ0v) is 14.8. The van der Waals surface area contributed by atoms with Crippen LogP contribution in [0.4, 0.5) is 10.8 Å². The van der Waals surface area contributed by atoms with Crippen LogP contribution in [0.2, 0.25) is 0 Å². The first-order valence-corrected chi connectivity index (χ1v) is 9.55. The van der Waals surface area contributed by atoms with Crippen molar-refractivity contribution < 1.29 is 8.42 Å². The first-order valence-electron chi connectivity index (χ1n) is 7.12. The van der Waals surface area contributed by atoms with Crippen molar-refractivity contribution in [1.29, 1.82) is 0 Å². The van der Waals surface area contributed by atoms with Crippen LogP contribution >= 0.6 is 11.3 Å². The van der Waals surface area contributed by atoms with Crippen LogP contribution in [0, 0.1) is 13.8 Å². The number of nitrogens with zero attached hydrogens (tertiary/aromatic N) is 2. The van der Waals surface area contributed by atoms with Crippen molar-refractivity contribution in [1.82, 2.24) is 9.97 Å². The second-order valence-electron chi connectivity index (χ2n) is 5.37. The van der Waals surface area contributed by atoms with Crippen LogP contribution in [-0.2, 0) is 10.0 Å². The van der Waals surface area contributed by atoms with Gasteiger partial charge in [0.15, 0.2) is 5.13 Å². The summed E-state index contributed by atoms with van der Waals surface area (Å²) in [6.45, 7) is 3.91. The van der Waals surface area contributed by atoms with Crippen molar-refractivity contribution in [2.45, 2.75) is 18.7 Å². The molecule has 0 unspecified atom stereocenters. The largest absolute Gasteiger partial charge is 0.332 e. The van der Waals surface area contributed by atoms with Crippen molar-refractivity contribution in [2.24, 2.45) is 5.14 Å². The molecule has 0 amide bonds. The van der Waals surface area contributed by atoms with E-state index in [1.165, 1.54) is 23.5 Å². The Morgan fingerprint density at radius 1 is 1.04 bits per heavy atom. The maximum absolute atomic E-state index is 11.3. The molecule has 24 heavy (non-hydrogen) atoms. The summed E-state index contributed by atoms with van der Waals surface area (Å²) >= 11 is 1.48. The fourth-order valence-corrected chi connectivity index (χ4v) is 3.55. The Labute approximate surface area is 144 Å². The molecule has 0 saturated carbocycles. The Morgan fingerprint density at radius 3 is 2.25 bits per heavy atom. The van der Waals surface area contributed by atoms with Crippen LogP contribution in [0.25, 0.3) is 11.3 Å². The highest BCUT2D eigenvalue weighted by Gasteiger charge is 2.09. The first kappa shape index (κ1) is 16.6. The Morgan fingerprint density at radius 2 is 1.67 bits per heavy atom. The quantitative estimate of drug-likeness (QED) is 0.744. The van der Waals surface area contributed by atoms with Gasteiger partial charge in [0.1, 0.15) is 0 Å². The van der Waals surface area contributed by atoms with Gasteiger partial charge in [-0.3, -0.25) is 4.98 Å². The molecule has 3 aromatic rings. The average Bonchev–Trinajstić information content (AvgIpc) is 2.94. The lowest BCUT2D eigenvalue weighted by molar-refractivity contribution is 0.598. The van der Waals surface area contributed by atoms with E-state index < -0.39 is 10.0 Å². The summed E-state index contributed by atoms with van der Waals surface area (Å²) in [4.78, 5) is 9.01. The van der Waals surface area contributed by atoms with Gasteiger partial charge in [-0.15, -0.1) is 11.3 Å². The van der Waals surface area contributed by atoms with E-state index in [4.69, 9.17) is 5.14 Å². The average molecular weight is 360 g/mol. The van der Waals surface area contributed by atoms with E-state index in [1.807, 2.05) is 31.4 Å². The zero-order chi connectivity index (χ0) is 17.3. The minimum absolute atomic E-state index is 0.0793. The molecular formula is C16H16N4O2S2. The Balaban J connectivity index is 1.81. The Bertz CT molecular complexity index is 959. The summed E-state index contributed by atoms with van der Waals surface area (Å²) < 4.78 is 22.5. The fourth-order valence-electron chi connectivity index (χ4n) is 2.30. The molecule has 0 aliphatic carbocycles. The lowest BCUT2D eigenvalue weighted by Gasteiger charge is -2.04. The highest BCUT2D eigenvalue weighted by molar-refractivity contribution is 7.89. The van der Waals surface area contributed by atoms with Crippen LogP contribution in [0.1, 0.15) is 11.4 Å². The van der Waals surface area contributed by atoms with Crippen molar-refractivity contribution in [2.75, 3.05) is 5.32 Å². The third-order valence-electron chi connectivity index (χ3n) is 3.32. The van der Waals surface area contributed by atoms with Crippen molar-refractivity contribution in [3.05, 3.63) is 53.2 Å². The normalized spacial score (nSPS) is 11.5. The number of thiazole rings is 1. The van der Waals surface area contributed by atoms with Gasteiger partial charge in [-0.2, -0.15) is 0 Å². The molecule has 0 radical (unpaired) electrons. The predicted molar refractivity (Wildman–Crippen MR) is 95.9 cm³/mol. The van der Waals surface area contributed by atoms with E-state index in [-0.39, 0.29) is 4.90 Å². The number of pyridine rings is 1. The Kier molecular flexibility index (Phi) is 4.35. The molecule has 2 aromatic heterocycles. The second kappa shape index (κ2) is 6.31. The highest BCUT2D eigenvalue weighted by atomic mass is 32.2. The molecule has 124 valence electrons. The molecular weight excluding hydrogens is 344 g/mol. The smallest absolute Gasteiger partial charge is 0.238 e. The van der Waals surface area contributed by atoms with Crippen molar-refractivity contribution in [3.8, 4) is 11.3 Å². The SMILES string of the molecule is Cc1cc(-c2csc(Nc3ccc(S(N)(=O)=O)cc3)n2)cc(C)n1. The summed E-state index contributed by atoms with van der Waals surface area (Å²) in [5.74, 6) is 0. The van der Waals surface area contributed by atoms with Crippen LogP contribution in [0.5, 0.6) is 0 Å². The maximum atomic E-state index is 11.3. The molecule has 0 aliphatic heterocycles. The maximum Gasteiger partial charge on any atom is 0.238 e. The van der Waals surface area contributed by atoms with Gasteiger partial charge in [-0.1, -0.05) is 0 Å². The van der Waals surface area contributed by atoms with Gasteiger partial charge in [0, 0.05) is 28.0 Å². The number of rotatable bonds is 4. The highest BCUT2D eigenvalue weighted by Crippen LogP contribution is 2.28. The van der Waals surface area contributed by atoms with Gasteiger partial charge in [0.05, 0.1) is 10.6 Å². The van der Waals surface area contributed by atoms with E-state index in [1.54, 1.807) is 12.1 Å². The lowest BCUT2D eigenvalue weighted by atomic mass is 10.1. The van der Waals surface area contributed by atoms with Crippen LogP contribution in [0.15, 0.2) is 46.7 Å². The van der Waals surface area contributed by atoms with Gasteiger partial charge in [-0.25, -0.2) is 18.5 Å². The molecule has 2 heterocycles. The monoisotopic (exact) mass is 360 g/mol. The number of nitrogens with one attached hydrogen (secondary N) is 1. The van der Waals surface area contributed by atoms with Crippen LogP contribution < -0.4 is 10.5 Å². The second-order valence-corrected chi connectivity index (χ2v) is 7.79. The minimum Gasteiger partial charge on any atom is -0.332 e. The summed E-state index contributed by atoms with van der Waals surface area (Å²) in [5, 5.41) is 10.9. The van der Waals surface area contributed by atoms with E-state index >= 15 is 0 Å². The number of anilines is 2. The number of benzene rings is 1. The number of nitrogens with two attached hydrogens (primary N) is 1. The van der Waals surface area contributed by atoms with Crippen molar-refractivity contribution >= 4 is 32.2 Å². The summed E-state index contributed by atoms with van der Waals surface area (Å²) in [6, 6.07) is 10.2. The Hall–Kier alpha value is -2.29. The molecule has 0 fully saturated rings. The lowest BCUT2D eigenvalue weighted by Crippen LogP contribution is -2.11. The number of aryl methyl sites for hydroxylation is 2. The molecule has 0 bridgehead atoms. The van der Waals surface area contributed by atoms with E-state index in [9.17, 15) is 8.42 Å². The molecule has 0 aliphatic rings. The van der Waals surface area contributed by atoms with Crippen molar-refractivity contribution in [3.63, 3.8) is 0 Å². The molecule has 0 saturated heterocycles. The topological polar surface area (TPSA) is 98.0 Å². The van der Waals surface area contributed by atoms with Crippen LogP contribution in [-0.4, -0.2) is 18.4 Å². The van der Waals surface area contributed by atoms with Gasteiger partial charge < -0.3 is 5.32 Å². The fraction of sp³-hybridized carbons (Fsp3) is 0.125. The summed E-state index contributed by atoms with van der Waals surface area (Å²) in [6.07, 6.45) is 0. The number of hydrogen-bond donors (Lipinski definition) is 2. The molecule has 1 aromatic carbocycles. The number of sulfonamides is 1. The molecule has 6 nitrogen and oxygen atoms in total. The number of aromatic nitrogens is 2. The van der Waals surface area contributed by atoms with Gasteiger partial charge in [0.25, 0.3) is 0 Å². The molecule has 0 spiro atoms. The summed E-state index contributed by atoms with van der Waals surface area (Å²) in [7, 11) is -3.68. The third kappa shape index (κ3) is 3.78.